The molecular weight excluding hydrogens is 360 g/mol. The first-order chi connectivity index (χ1) is 13.0. The van der Waals surface area contributed by atoms with Gasteiger partial charge in [0.25, 0.3) is 5.91 Å². The number of benzene rings is 1. The van der Waals surface area contributed by atoms with Crippen LogP contribution in [0.3, 0.4) is 0 Å². The zero-order valence-corrected chi connectivity index (χ0v) is 17.0. The molecule has 2 amide bonds. The maximum atomic E-state index is 13.1. The topological polar surface area (TPSA) is 56.8 Å². The number of hydrogen-bond donors (Lipinski definition) is 0. The normalized spacial score (nSPS) is 15.4. The summed E-state index contributed by atoms with van der Waals surface area (Å²) in [6, 6.07) is 9.95. The summed E-state index contributed by atoms with van der Waals surface area (Å²) >= 11 is 1.46. The number of rotatable bonds is 4. The van der Waals surface area contributed by atoms with Gasteiger partial charge in [-0.05, 0) is 13.3 Å². The van der Waals surface area contributed by atoms with E-state index in [0.29, 0.717) is 31.1 Å². The van der Waals surface area contributed by atoms with Crippen LogP contribution in [0.5, 0.6) is 0 Å². The first-order valence-electron chi connectivity index (χ1n) is 9.20. The van der Waals surface area contributed by atoms with Gasteiger partial charge in [0.1, 0.15) is 9.88 Å². The molecule has 1 aliphatic rings. The van der Waals surface area contributed by atoms with E-state index in [-0.39, 0.29) is 11.8 Å². The number of hydrogen-bond acceptors (Lipinski definition) is 5. The van der Waals surface area contributed by atoms with Crippen LogP contribution < -0.4 is 0 Å². The van der Waals surface area contributed by atoms with Crippen molar-refractivity contribution in [3.63, 3.8) is 0 Å². The number of likely N-dealkylation sites (N-methyl/N-ethyl adjacent to an activating group) is 1. The number of carbonyl (C=O) groups excluding carboxylic acids is 2. The first kappa shape index (κ1) is 19.5. The van der Waals surface area contributed by atoms with E-state index < -0.39 is 0 Å². The van der Waals surface area contributed by atoms with Crippen molar-refractivity contribution in [3.8, 4) is 10.6 Å². The highest BCUT2D eigenvalue weighted by Gasteiger charge is 2.25. The Bertz CT molecular complexity index is 804. The SMILES string of the molecule is Cc1nc(-c2ccccc2)sc1C(=O)N1CCCN(CC(=O)N(C)C)CC1. The van der Waals surface area contributed by atoms with E-state index in [2.05, 4.69) is 9.88 Å². The minimum absolute atomic E-state index is 0.0490. The van der Waals surface area contributed by atoms with Crippen LogP contribution in [-0.2, 0) is 4.79 Å². The number of amides is 2. The van der Waals surface area contributed by atoms with Crippen LogP contribution in [0, 0.1) is 6.92 Å². The van der Waals surface area contributed by atoms with Gasteiger partial charge in [-0.2, -0.15) is 0 Å². The molecule has 3 rings (SSSR count). The summed E-state index contributed by atoms with van der Waals surface area (Å²) in [7, 11) is 3.54. The van der Waals surface area contributed by atoms with Gasteiger partial charge in [0.15, 0.2) is 0 Å². The molecule has 2 heterocycles. The van der Waals surface area contributed by atoms with Crippen molar-refractivity contribution >= 4 is 23.2 Å². The molecule has 0 unspecified atom stereocenters. The Morgan fingerprint density at radius 2 is 1.85 bits per heavy atom. The van der Waals surface area contributed by atoms with Gasteiger partial charge < -0.3 is 9.80 Å². The first-order valence-corrected chi connectivity index (χ1v) is 10.0. The van der Waals surface area contributed by atoms with Crippen molar-refractivity contribution in [1.82, 2.24) is 19.7 Å². The fourth-order valence-corrected chi connectivity index (χ4v) is 4.15. The third-order valence-corrected chi connectivity index (χ3v) is 5.94. The molecule has 6 nitrogen and oxygen atoms in total. The monoisotopic (exact) mass is 386 g/mol. The van der Waals surface area contributed by atoms with Gasteiger partial charge in [0.2, 0.25) is 5.91 Å². The van der Waals surface area contributed by atoms with Crippen LogP contribution >= 0.6 is 11.3 Å². The number of aromatic nitrogens is 1. The summed E-state index contributed by atoms with van der Waals surface area (Å²) in [6.07, 6.45) is 0.871. The molecule has 1 aromatic carbocycles. The lowest BCUT2D eigenvalue weighted by atomic mass is 10.2. The second-order valence-corrected chi connectivity index (χ2v) is 8.01. The Labute approximate surface area is 164 Å². The Balaban J connectivity index is 1.68. The molecule has 7 heteroatoms. The van der Waals surface area contributed by atoms with Gasteiger partial charge in [-0.15, -0.1) is 11.3 Å². The average Bonchev–Trinajstić information content (AvgIpc) is 2.90. The van der Waals surface area contributed by atoms with Crippen molar-refractivity contribution in [1.29, 1.82) is 0 Å². The third kappa shape index (κ3) is 4.73. The fraction of sp³-hybridized carbons (Fsp3) is 0.450. The predicted molar refractivity (Wildman–Crippen MR) is 108 cm³/mol. The lowest BCUT2D eigenvalue weighted by Gasteiger charge is -2.22. The van der Waals surface area contributed by atoms with Crippen molar-refractivity contribution in [2.45, 2.75) is 13.3 Å². The highest BCUT2D eigenvalue weighted by atomic mass is 32.1. The van der Waals surface area contributed by atoms with Crippen molar-refractivity contribution in [3.05, 3.63) is 40.9 Å². The van der Waals surface area contributed by atoms with Crippen molar-refractivity contribution < 1.29 is 9.59 Å². The van der Waals surface area contributed by atoms with Gasteiger partial charge in [-0.25, -0.2) is 4.98 Å². The summed E-state index contributed by atoms with van der Waals surface area (Å²) in [6.45, 7) is 5.21. The second-order valence-electron chi connectivity index (χ2n) is 7.01. The fourth-order valence-electron chi connectivity index (χ4n) is 3.11. The summed E-state index contributed by atoms with van der Waals surface area (Å²) in [5.74, 6) is 0.147. The van der Waals surface area contributed by atoms with Crippen molar-refractivity contribution in [2.75, 3.05) is 46.8 Å². The molecule has 2 aromatic rings. The molecule has 27 heavy (non-hydrogen) atoms. The van der Waals surface area contributed by atoms with E-state index in [0.717, 1.165) is 29.2 Å². The van der Waals surface area contributed by atoms with E-state index in [9.17, 15) is 9.59 Å². The lowest BCUT2D eigenvalue weighted by Crippen LogP contribution is -2.39. The average molecular weight is 387 g/mol. The number of thiazole rings is 1. The quantitative estimate of drug-likeness (QED) is 0.809. The summed E-state index contributed by atoms with van der Waals surface area (Å²) in [5, 5.41) is 0.879. The smallest absolute Gasteiger partial charge is 0.265 e. The minimum Gasteiger partial charge on any atom is -0.348 e. The molecular formula is C20H26N4O2S. The molecule has 0 atom stereocenters. The van der Waals surface area contributed by atoms with Crippen molar-refractivity contribution in [2.24, 2.45) is 0 Å². The summed E-state index contributed by atoms with van der Waals surface area (Å²) in [5.41, 5.74) is 1.82. The molecule has 144 valence electrons. The van der Waals surface area contributed by atoms with Gasteiger partial charge in [-0.3, -0.25) is 14.5 Å². The number of carbonyl (C=O) groups is 2. The zero-order chi connectivity index (χ0) is 19.4. The zero-order valence-electron chi connectivity index (χ0n) is 16.1. The Kier molecular flexibility index (Phi) is 6.23. The second kappa shape index (κ2) is 8.63. The van der Waals surface area contributed by atoms with Crippen LogP contribution in [0.1, 0.15) is 21.8 Å². The van der Waals surface area contributed by atoms with E-state index in [1.165, 1.54) is 11.3 Å². The maximum absolute atomic E-state index is 13.1. The molecule has 0 N–H and O–H groups in total. The molecule has 1 aliphatic heterocycles. The number of aryl methyl sites for hydroxylation is 1. The van der Waals surface area contributed by atoms with Gasteiger partial charge in [0, 0.05) is 45.8 Å². The molecule has 0 aliphatic carbocycles. The predicted octanol–water partition coefficient (Wildman–Crippen LogP) is 2.35. The minimum atomic E-state index is 0.0490. The molecule has 0 bridgehead atoms. The van der Waals surface area contributed by atoms with Crippen LogP contribution in [0.2, 0.25) is 0 Å². The highest BCUT2D eigenvalue weighted by Crippen LogP contribution is 2.28. The van der Waals surface area contributed by atoms with E-state index in [4.69, 9.17) is 0 Å². The Morgan fingerprint density at radius 1 is 1.11 bits per heavy atom. The van der Waals surface area contributed by atoms with Crippen LogP contribution in [0.4, 0.5) is 0 Å². The van der Waals surface area contributed by atoms with Crippen LogP contribution in [0.15, 0.2) is 30.3 Å². The summed E-state index contributed by atoms with van der Waals surface area (Å²) in [4.78, 5) is 36.0. The molecule has 1 aromatic heterocycles. The molecule has 0 spiro atoms. The standard InChI is InChI=1S/C20H26N4O2S/c1-15-18(27-19(21-15)16-8-5-4-6-9-16)20(26)24-11-7-10-23(12-13-24)14-17(25)22(2)3/h4-6,8-9H,7,10-14H2,1-3H3. The van der Waals surface area contributed by atoms with Gasteiger partial charge >= 0.3 is 0 Å². The third-order valence-electron chi connectivity index (χ3n) is 4.74. The molecule has 1 fully saturated rings. The van der Waals surface area contributed by atoms with E-state index in [1.54, 1.807) is 19.0 Å². The summed E-state index contributed by atoms with van der Waals surface area (Å²) < 4.78 is 0. The molecule has 0 saturated carbocycles. The lowest BCUT2D eigenvalue weighted by molar-refractivity contribution is -0.129. The van der Waals surface area contributed by atoms with E-state index in [1.807, 2.05) is 42.2 Å². The van der Waals surface area contributed by atoms with Crippen LogP contribution in [0.25, 0.3) is 10.6 Å². The van der Waals surface area contributed by atoms with Crippen LogP contribution in [-0.4, -0.2) is 78.3 Å². The number of nitrogens with zero attached hydrogens (tertiary/aromatic N) is 4. The van der Waals surface area contributed by atoms with E-state index >= 15 is 0 Å². The maximum Gasteiger partial charge on any atom is 0.265 e. The Morgan fingerprint density at radius 3 is 2.56 bits per heavy atom. The molecule has 0 radical (unpaired) electrons. The Hall–Kier alpha value is -2.25. The van der Waals surface area contributed by atoms with Gasteiger partial charge in [0.05, 0.1) is 12.2 Å². The molecule has 1 saturated heterocycles. The van der Waals surface area contributed by atoms with Gasteiger partial charge in [-0.1, -0.05) is 30.3 Å². The highest BCUT2D eigenvalue weighted by molar-refractivity contribution is 7.17. The largest absolute Gasteiger partial charge is 0.348 e.